The van der Waals surface area contributed by atoms with Gasteiger partial charge in [0.1, 0.15) is 17.3 Å². The Morgan fingerprint density at radius 3 is 2.17 bits per heavy atom. The molecule has 0 bridgehead atoms. The van der Waals surface area contributed by atoms with E-state index in [9.17, 15) is 0 Å². The molecule has 68 valence electrons. The van der Waals surface area contributed by atoms with Gasteiger partial charge in [0, 0.05) is 6.42 Å². The Morgan fingerprint density at radius 1 is 1.42 bits per heavy atom. The van der Waals surface area contributed by atoms with Crippen LogP contribution in [0.2, 0.25) is 0 Å². The third-order valence-corrected chi connectivity index (χ3v) is 1.76. The molecular weight excluding hydrogens is 180 g/mol. The highest BCUT2D eigenvalue weighted by molar-refractivity contribution is 6.31. The first-order valence-electron chi connectivity index (χ1n) is 3.16. The second-order valence-electron chi connectivity index (χ2n) is 2.28. The second kappa shape index (κ2) is 4.66. The molecule has 0 heterocycles. The Hall–Kier alpha value is -1.17. The number of nitrogens with two attached hydrogens (primary N) is 2. The van der Waals surface area contributed by atoms with Gasteiger partial charge in [-0.2, -0.15) is 5.11 Å². The molecule has 0 saturated carbocycles. The van der Waals surface area contributed by atoms with E-state index in [-0.39, 0.29) is 18.1 Å². The van der Waals surface area contributed by atoms with E-state index in [0.29, 0.717) is 0 Å². The molecule has 0 aromatic heterocycles. The number of alkyl halides is 1. The molecular formula is C5H11ClN6. The summed E-state index contributed by atoms with van der Waals surface area (Å²) in [6.45, 7) is 0. The van der Waals surface area contributed by atoms with Crippen LogP contribution in [0.1, 0.15) is 6.42 Å². The lowest BCUT2D eigenvalue weighted by atomic mass is 10.1. The van der Waals surface area contributed by atoms with E-state index in [2.05, 4.69) is 5.11 Å². The Labute approximate surface area is 74.8 Å². The third kappa shape index (κ3) is 3.29. The summed E-state index contributed by atoms with van der Waals surface area (Å²) >= 11 is 5.61. The van der Waals surface area contributed by atoms with Gasteiger partial charge in [-0.15, -0.1) is 11.6 Å². The summed E-state index contributed by atoms with van der Waals surface area (Å²) < 4.78 is 0. The molecule has 0 amide bonds. The summed E-state index contributed by atoms with van der Waals surface area (Å²) in [7, 11) is 0. The molecule has 2 unspecified atom stereocenters. The van der Waals surface area contributed by atoms with Gasteiger partial charge in [0.2, 0.25) is 0 Å². The standard InChI is InChI=1S/C5H11ClN6/c6-4(5(9)10)2(12-11)1-3(7)8/h2,4,11H,1H2,(H3,7,8)(H3,9,10). The van der Waals surface area contributed by atoms with Gasteiger partial charge in [-0.25, -0.2) is 5.53 Å². The number of hydrogen-bond donors (Lipinski definition) is 5. The van der Waals surface area contributed by atoms with Crippen LogP contribution in [0.15, 0.2) is 5.11 Å². The molecule has 7 N–H and O–H groups in total. The minimum atomic E-state index is -0.855. The molecule has 6 nitrogen and oxygen atoms in total. The Balaban J connectivity index is 4.23. The number of nitrogens with one attached hydrogen (secondary N) is 3. The summed E-state index contributed by atoms with van der Waals surface area (Å²) in [6, 6.07) is -0.707. The summed E-state index contributed by atoms with van der Waals surface area (Å²) in [4.78, 5) is 0. The second-order valence-corrected chi connectivity index (χ2v) is 2.75. The monoisotopic (exact) mass is 190 g/mol. The Morgan fingerprint density at radius 2 is 1.92 bits per heavy atom. The van der Waals surface area contributed by atoms with E-state index >= 15 is 0 Å². The van der Waals surface area contributed by atoms with Crippen LogP contribution in [-0.2, 0) is 0 Å². The Bertz CT molecular complexity index is 202. The molecule has 0 saturated heterocycles. The van der Waals surface area contributed by atoms with Crippen LogP contribution in [-0.4, -0.2) is 23.1 Å². The van der Waals surface area contributed by atoms with Crippen molar-refractivity contribution in [1.29, 1.82) is 16.3 Å². The van der Waals surface area contributed by atoms with E-state index < -0.39 is 11.4 Å². The zero-order valence-electron chi connectivity index (χ0n) is 6.34. The van der Waals surface area contributed by atoms with Gasteiger partial charge in [0.05, 0.1) is 5.84 Å². The highest BCUT2D eigenvalue weighted by Crippen LogP contribution is 2.10. The van der Waals surface area contributed by atoms with Gasteiger partial charge in [-0.1, -0.05) is 0 Å². The van der Waals surface area contributed by atoms with Crippen LogP contribution >= 0.6 is 11.6 Å². The molecule has 0 radical (unpaired) electrons. The minimum absolute atomic E-state index is 0.0528. The molecule has 7 heteroatoms. The maximum Gasteiger partial charge on any atom is 0.115 e. The molecule has 0 fully saturated rings. The van der Waals surface area contributed by atoms with E-state index in [1.807, 2.05) is 0 Å². The third-order valence-electron chi connectivity index (χ3n) is 1.23. The molecule has 0 aliphatic heterocycles. The summed E-state index contributed by atoms with van der Waals surface area (Å²) in [5.41, 5.74) is 16.9. The van der Waals surface area contributed by atoms with E-state index in [0.717, 1.165) is 0 Å². The molecule has 12 heavy (non-hydrogen) atoms. The molecule has 0 aliphatic carbocycles. The quantitative estimate of drug-likeness (QED) is 0.184. The van der Waals surface area contributed by atoms with Crippen LogP contribution in [0.25, 0.3) is 0 Å². The molecule has 0 rings (SSSR count). The first-order valence-corrected chi connectivity index (χ1v) is 3.60. The van der Waals surface area contributed by atoms with Gasteiger partial charge in [0.25, 0.3) is 0 Å². The first-order chi connectivity index (χ1) is 5.49. The van der Waals surface area contributed by atoms with Crippen LogP contribution in [0.3, 0.4) is 0 Å². The smallest absolute Gasteiger partial charge is 0.115 e. The number of rotatable bonds is 5. The largest absolute Gasteiger partial charge is 0.388 e. The zero-order chi connectivity index (χ0) is 9.72. The van der Waals surface area contributed by atoms with E-state index in [1.54, 1.807) is 0 Å². The summed E-state index contributed by atoms with van der Waals surface area (Å²) in [5, 5.41) is 16.2. The van der Waals surface area contributed by atoms with Crippen LogP contribution in [0, 0.1) is 16.3 Å². The fraction of sp³-hybridized carbons (Fsp3) is 0.600. The van der Waals surface area contributed by atoms with Crippen LogP contribution in [0.5, 0.6) is 0 Å². The fourth-order valence-corrected chi connectivity index (χ4v) is 0.793. The normalized spacial score (nSPS) is 14.8. The van der Waals surface area contributed by atoms with Crippen molar-refractivity contribution in [2.45, 2.75) is 17.8 Å². The van der Waals surface area contributed by atoms with E-state index in [1.165, 1.54) is 0 Å². The molecule has 0 aromatic carbocycles. The topological polar surface area (TPSA) is 136 Å². The Kier molecular flexibility index (Phi) is 4.20. The lowest BCUT2D eigenvalue weighted by Gasteiger charge is -2.14. The van der Waals surface area contributed by atoms with Crippen molar-refractivity contribution in [3.63, 3.8) is 0 Å². The van der Waals surface area contributed by atoms with Gasteiger partial charge in [-0.3, -0.25) is 10.8 Å². The first kappa shape index (κ1) is 10.8. The van der Waals surface area contributed by atoms with Crippen molar-refractivity contribution in [1.82, 2.24) is 0 Å². The summed E-state index contributed by atoms with van der Waals surface area (Å²) in [5.74, 6) is -0.387. The number of halogens is 1. The summed E-state index contributed by atoms with van der Waals surface area (Å²) in [6.07, 6.45) is 0.0528. The highest BCUT2D eigenvalue weighted by atomic mass is 35.5. The lowest BCUT2D eigenvalue weighted by molar-refractivity contribution is 0.669. The predicted molar refractivity (Wildman–Crippen MR) is 47.0 cm³/mol. The SMILES string of the molecule is N=NC(CC(=N)N)C(Cl)C(=N)N. The van der Waals surface area contributed by atoms with Gasteiger partial charge < -0.3 is 11.5 Å². The predicted octanol–water partition coefficient (Wildman–Crippen LogP) is 0.255. The molecule has 2 atom stereocenters. The van der Waals surface area contributed by atoms with Crippen LogP contribution < -0.4 is 11.5 Å². The molecule has 0 aromatic rings. The van der Waals surface area contributed by atoms with Crippen molar-refractivity contribution < 1.29 is 0 Å². The molecule has 0 aliphatic rings. The fourth-order valence-electron chi connectivity index (χ4n) is 0.647. The maximum atomic E-state index is 6.97. The zero-order valence-corrected chi connectivity index (χ0v) is 7.10. The maximum absolute atomic E-state index is 6.97. The van der Waals surface area contributed by atoms with E-state index in [4.69, 9.17) is 39.4 Å². The number of hydrogen-bond acceptors (Lipinski definition) is 4. The van der Waals surface area contributed by atoms with Gasteiger partial charge >= 0.3 is 0 Å². The van der Waals surface area contributed by atoms with Crippen molar-refractivity contribution in [3.8, 4) is 0 Å². The average molecular weight is 191 g/mol. The highest BCUT2D eigenvalue weighted by Gasteiger charge is 2.21. The van der Waals surface area contributed by atoms with Crippen molar-refractivity contribution in [2.24, 2.45) is 16.6 Å². The van der Waals surface area contributed by atoms with Crippen molar-refractivity contribution in [2.75, 3.05) is 0 Å². The van der Waals surface area contributed by atoms with Crippen LogP contribution in [0.4, 0.5) is 0 Å². The lowest BCUT2D eigenvalue weighted by Crippen LogP contribution is -2.35. The molecule has 0 spiro atoms. The van der Waals surface area contributed by atoms with Gasteiger partial charge in [0.15, 0.2) is 0 Å². The number of amidine groups is 2. The number of nitrogens with zero attached hydrogens (tertiary/aromatic N) is 1. The van der Waals surface area contributed by atoms with Gasteiger partial charge in [-0.05, 0) is 0 Å². The average Bonchev–Trinajstić information content (AvgIpc) is 1.98. The van der Waals surface area contributed by atoms with Crippen molar-refractivity contribution in [3.05, 3.63) is 0 Å². The van der Waals surface area contributed by atoms with Crippen molar-refractivity contribution >= 4 is 23.3 Å². The minimum Gasteiger partial charge on any atom is -0.388 e.